The number of nitrogens with zero attached hydrogens (tertiary/aromatic N) is 2. The van der Waals surface area contributed by atoms with E-state index >= 15 is 0 Å². The van der Waals surface area contributed by atoms with Gasteiger partial charge in [-0.25, -0.2) is 4.79 Å². The summed E-state index contributed by atoms with van der Waals surface area (Å²) in [5.74, 6) is -0.414. The van der Waals surface area contributed by atoms with Gasteiger partial charge in [0.05, 0.1) is 11.9 Å². The van der Waals surface area contributed by atoms with Crippen LogP contribution in [0.2, 0.25) is 0 Å². The summed E-state index contributed by atoms with van der Waals surface area (Å²) in [7, 11) is 0. The number of benzene rings is 1. The van der Waals surface area contributed by atoms with E-state index < -0.39 is 5.97 Å². The number of rotatable bonds is 9. The maximum absolute atomic E-state index is 12.3. The van der Waals surface area contributed by atoms with E-state index in [9.17, 15) is 9.59 Å². The average Bonchev–Trinajstić information content (AvgIpc) is 2.99. The van der Waals surface area contributed by atoms with Gasteiger partial charge in [-0.05, 0) is 24.3 Å². The molecule has 2 aromatic rings. The fourth-order valence-electron chi connectivity index (χ4n) is 2.68. The van der Waals surface area contributed by atoms with Crippen LogP contribution in [-0.2, 0) is 17.8 Å². The van der Waals surface area contributed by atoms with E-state index in [1.807, 2.05) is 30.3 Å². The standard InChI is InChI=1S/C19H26N4O3/c1-14(2)12-23-13-17(11-20-23)22-19(26)21-16(8-9-18(24)25)10-15-6-4-3-5-7-15/h3-7,11,13-14,16H,8-10,12H2,1-2H3,(H,24,25)(H2,21,22,26). The lowest BCUT2D eigenvalue weighted by Crippen LogP contribution is -2.39. The summed E-state index contributed by atoms with van der Waals surface area (Å²) in [4.78, 5) is 23.2. The second-order valence-corrected chi connectivity index (χ2v) is 6.76. The summed E-state index contributed by atoms with van der Waals surface area (Å²) in [6.45, 7) is 4.97. The normalized spacial score (nSPS) is 12.0. The maximum Gasteiger partial charge on any atom is 0.319 e. The Morgan fingerprint density at radius 3 is 2.62 bits per heavy atom. The molecule has 26 heavy (non-hydrogen) atoms. The number of carboxylic acid groups (broad SMARTS) is 1. The third kappa shape index (κ3) is 6.96. The van der Waals surface area contributed by atoms with Crippen molar-refractivity contribution >= 4 is 17.7 Å². The van der Waals surface area contributed by atoms with E-state index in [0.717, 1.165) is 12.1 Å². The average molecular weight is 358 g/mol. The Morgan fingerprint density at radius 1 is 1.23 bits per heavy atom. The van der Waals surface area contributed by atoms with Crippen molar-refractivity contribution < 1.29 is 14.7 Å². The SMILES string of the molecule is CC(C)Cn1cc(NC(=O)NC(CCC(=O)O)Cc2ccccc2)cn1. The molecule has 7 heteroatoms. The second-order valence-electron chi connectivity index (χ2n) is 6.76. The monoisotopic (exact) mass is 358 g/mol. The van der Waals surface area contributed by atoms with Crippen LogP contribution in [0.15, 0.2) is 42.7 Å². The van der Waals surface area contributed by atoms with Gasteiger partial charge in [0.1, 0.15) is 0 Å². The van der Waals surface area contributed by atoms with Crippen LogP contribution in [0, 0.1) is 5.92 Å². The minimum atomic E-state index is -0.875. The van der Waals surface area contributed by atoms with E-state index in [1.165, 1.54) is 0 Å². The first-order valence-corrected chi connectivity index (χ1v) is 8.78. The fourth-order valence-corrected chi connectivity index (χ4v) is 2.68. The van der Waals surface area contributed by atoms with Crippen molar-refractivity contribution in [1.82, 2.24) is 15.1 Å². The maximum atomic E-state index is 12.3. The van der Waals surface area contributed by atoms with Crippen molar-refractivity contribution in [2.45, 2.75) is 45.7 Å². The molecule has 0 aliphatic carbocycles. The Bertz CT molecular complexity index is 713. The molecule has 0 saturated carbocycles. The van der Waals surface area contributed by atoms with Crippen molar-refractivity contribution in [3.8, 4) is 0 Å². The number of aromatic nitrogens is 2. The molecule has 7 nitrogen and oxygen atoms in total. The number of carbonyl (C=O) groups excluding carboxylic acids is 1. The van der Waals surface area contributed by atoms with E-state index in [1.54, 1.807) is 17.1 Å². The van der Waals surface area contributed by atoms with Gasteiger partial charge >= 0.3 is 12.0 Å². The molecule has 1 unspecified atom stereocenters. The zero-order valence-electron chi connectivity index (χ0n) is 15.2. The van der Waals surface area contributed by atoms with Gasteiger partial charge in [-0.15, -0.1) is 0 Å². The van der Waals surface area contributed by atoms with Crippen LogP contribution in [0.5, 0.6) is 0 Å². The lowest BCUT2D eigenvalue weighted by molar-refractivity contribution is -0.137. The molecular formula is C19H26N4O3. The number of aliphatic carboxylic acids is 1. The summed E-state index contributed by atoms with van der Waals surface area (Å²) in [5.41, 5.74) is 1.66. The van der Waals surface area contributed by atoms with Crippen molar-refractivity contribution in [2.75, 3.05) is 5.32 Å². The lowest BCUT2D eigenvalue weighted by atomic mass is 10.0. The molecule has 1 aromatic carbocycles. The van der Waals surface area contributed by atoms with Gasteiger partial charge in [0, 0.05) is 25.2 Å². The molecule has 0 aliphatic heterocycles. The molecule has 0 spiro atoms. The number of amides is 2. The van der Waals surface area contributed by atoms with Crippen molar-refractivity contribution in [3.63, 3.8) is 0 Å². The van der Waals surface area contributed by atoms with Gasteiger partial charge in [0.15, 0.2) is 0 Å². The first-order valence-electron chi connectivity index (χ1n) is 8.78. The predicted molar refractivity (Wildman–Crippen MR) is 100 cm³/mol. The third-order valence-corrected chi connectivity index (χ3v) is 3.81. The highest BCUT2D eigenvalue weighted by molar-refractivity contribution is 5.89. The van der Waals surface area contributed by atoms with Crippen LogP contribution in [0.3, 0.4) is 0 Å². The zero-order valence-corrected chi connectivity index (χ0v) is 15.2. The largest absolute Gasteiger partial charge is 0.481 e. The molecule has 0 fully saturated rings. The van der Waals surface area contributed by atoms with E-state index in [2.05, 4.69) is 29.6 Å². The van der Waals surface area contributed by atoms with Crippen LogP contribution >= 0.6 is 0 Å². The Hall–Kier alpha value is -2.83. The van der Waals surface area contributed by atoms with Gasteiger partial charge < -0.3 is 15.7 Å². The summed E-state index contributed by atoms with van der Waals surface area (Å²) in [6, 6.07) is 9.07. The van der Waals surface area contributed by atoms with Gasteiger partial charge in [-0.2, -0.15) is 5.10 Å². The van der Waals surface area contributed by atoms with E-state index in [-0.39, 0.29) is 18.5 Å². The number of anilines is 1. The van der Waals surface area contributed by atoms with Crippen LogP contribution < -0.4 is 10.6 Å². The predicted octanol–water partition coefficient (Wildman–Crippen LogP) is 3.14. The van der Waals surface area contributed by atoms with Crippen LogP contribution in [0.4, 0.5) is 10.5 Å². The molecule has 1 aromatic heterocycles. The van der Waals surface area contributed by atoms with Gasteiger partial charge in [0.25, 0.3) is 0 Å². The number of hydrogen-bond acceptors (Lipinski definition) is 3. The van der Waals surface area contributed by atoms with Crippen molar-refractivity contribution in [1.29, 1.82) is 0 Å². The quantitative estimate of drug-likeness (QED) is 0.641. The van der Waals surface area contributed by atoms with Crippen LogP contribution in [-0.4, -0.2) is 32.9 Å². The molecule has 2 rings (SSSR count). The number of urea groups is 1. The van der Waals surface area contributed by atoms with Crippen LogP contribution in [0.1, 0.15) is 32.3 Å². The number of carbonyl (C=O) groups is 2. The number of carboxylic acids is 1. The zero-order chi connectivity index (χ0) is 18.9. The minimum absolute atomic E-state index is 0.00407. The number of hydrogen-bond donors (Lipinski definition) is 3. The third-order valence-electron chi connectivity index (χ3n) is 3.81. The number of nitrogens with one attached hydrogen (secondary N) is 2. The molecule has 1 heterocycles. The highest BCUT2D eigenvalue weighted by Crippen LogP contribution is 2.10. The van der Waals surface area contributed by atoms with Crippen LogP contribution in [0.25, 0.3) is 0 Å². The summed E-state index contributed by atoms with van der Waals surface area (Å²) in [5, 5.41) is 18.8. The topological polar surface area (TPSA) is 96.2 Å². The van der Waals surface area contributed by atoms with Crippen molar-refractivity contribution in [2.24, 2.45) is 5.92 Å². The van der Waals surface area contributed by atoms with Gasteiger partial charge in [0.2, 0.25) is 0 Å². The lowest BCUT2D eigenvalue weighted by Gasteiger charge is -2.18. The smallest absolute Gasteiger partial charge is 0.319 e. The Morgan fingerprint density at radius 2 is 1.96 bits per heavy atom. The first kappa shape index (κ1) is 19.5. The van der Waals surface area contributed by atoms with Crippen molar-refractivity contribution in [3.05, 3.63) is 48.3 Å². The Labute approximate surface area is 153 Å². The molecule has 3 N–H and O–H groups in total. The Kier molecular flexibility index (Phi) is 7.20. The highest BCUT2D eigenvalue weighted by atomic mass is 16.4. The molecule has 2 amide bonds. The molecular weight excluding hydrogens is 332 g/mol. The fraction of sp³-hybridized carbons (Fsp3) is 0.421. The van der Waals surface area contributed by atoms with Gasteiger partial charge in [-0.1, -0.05) is 44.2 Å². The Balaban J connectivity index is 1.93. The summed E-state index contributed by atoms with van der Waals surface area (Å²) in [6.07, 6.45) is 4.33. The van der Waals surface area contributed by atoms with Gasteiger partial charge in [-0.3, -0.25) is 9.48 Å². The molecule has 0 radical (unpaired) electrons. The first-order chi connectivity index (χ1) is 12.4. The molecule has 0 aliphatic rings. The molecule has 140 valence electrons. The second kappa shape index (κ2) is 9.60. The molecule has 0 saturated heterocycles. The molecule has 0 bridgehead atoms. The van der Waals surface area contributed by atoms with E-state index in [4.69, 9.17) is 5.11 Å². The minimum Gasteiger partial charge on any atom is -0.481 e. The van der Waals surface area contributed by atoms with E-state index in [0.29, 0.717) is 24.4 Å². The molecule has 1 atom stereocenters. The highest BCUT2D eigenvalue weighted by Gasteiger charge is 2.15. The summed E-state index contributed by atoms with van der Waals surface area (Å²) >= 11 is 0. The summed E-state index contributed by atoms with van der Waals surface area (Å²) < 4.78 is 1.78.